The highest BCUT2D eigenvalue weighted by atomic mass is 32.2. The summed E-state index contributed by atoms with van der Waals surface area (Å²) in [5.41, 5.74) is 9.26. The molecule has 1 aliphatic heterocycles. The van der Waals surface area contributed by atoms with Gasteiger partial charge >= 0.3 is 0 Å². The van der Waals surface area contributed by atoms with Gasteiger partial charge in [0.05, 0.1) is 10.9 Å². The van der Waals surface area contributed by atoms with Crippen molar-refractivity contribution >= 4 is 22.6 Å². The Balaban J connectivity index is 1.98. The summed E-state index contributed by atoms with van der Waals surface area (Å²) >= 11 is 1.59. The quantitative estimate of drug-likeness (QED) is 0.897. The Kier molecular flexibility index (Phi) is 3.38. The van der Waals surface area contributed by atoms with E-state index in [0.29, 0.717) is 5.17 Å². The van der Waals surface area contributed by atoms with E-state index in [1.807, 2.05) is 36.4 Å². The fourth-order valence-corrected chi connectivity index (χ4v) is 2.97. The van der Waals surface area contributed by atoms with Gasteiger partial charge in [-0.25, -0.2) is 4.99 Å². The zero-order valence-corrected chi connectivity index (χ0v) is 11.2. The number of hydrogen-bond donors (Lipinski definition) is 1. The average Bonchev–Trinajstić information content (AvgIpc) is 2.48. The highest BCUT2D eigenvalue weighted by molar-refractivity contribution is 8.14. The second kappa shape index (κ2) is 5.33. The van der Waals surface area contributed by atoms with Crippen molar-refractivity contribution in [2.24, 2.45) is 10.7 Å². The van der Waals surface area contributed by atoms with Crippen molar-refractivity contribution in [2.75, 3.05) is 0 Å². The van der Waals surface area contributed by atoms with Crippen LogP contribution in [0.5, 0.6) is 0 Å². The minimum Gasteiger partial charge on any atom is -0.378 e. The van der Waals surface area contributed by atoms with Crippen molar-refractivity contribution in [2.45, 2.75) is 5.25 Å². The van der Waals surface area contributed by atoms with E-state index >= 15 is 0 Å². The first-order valence-electron chi connectivity index (χ1n) is 6.16. The molecule has 3 heteroatoms. The Labute approximate surface area is 117 Å². The number of aliphatic imine (C=N–C) groups is 1. The minimum absolute atomic E-state index is 0.230. The number of amidine groups is 1. The molecule has 0 unspecified atom stereocenters. The zero-order valence-electron chi connectivity index (χ0n) is 10.4. The van der Waals surface area contributed by atoms with Crippen LogP contribution in [0.25, 0.3) is 5.70 Å². The van der Waals surface area contributed by atoms with Gasteiger partial charge in [-0.05, 0) is 17.2 Å². The van der Waals surface area contributed by atoms with E-state index < -0.39 is 0 Å². The first-order chi connectivity index (χ1) is 9.33. The van der Waals surface area contributed by atoms with Crippen LogP contribution >= 0.6 is 11.8 Å². The molecule has 2 nitrogen and oxygen atoms in total. The Morgan fingerprint density at radius 2 is 1.53 bits per heavy atom. The number of nitrogens with two attached hydrogens (primary N) is 1. The molecule has 19 heavy (non-hydrogen) atoms. The summed E-state index contributed by atoms with van der Waals surface area (Å²) in [7, 11) is 0. The fourth-order valence-electron chi connectivity index (χ4n) is 2.07. The van der Waals surface area contributed by atoms with Crippen LogP contribution in [-0.2, 0) is 0 Å². The summed E-state index contributed by atoms with van der Waals surface area (Å²) in [5.74, 6) is 0. The number of nitrogens with zero attached hydrogens (tertiary/aromatic N) is 1. The Morgan fingerprint density at radius 1 is 0.895 bits per heavy atom. The smallest absolute Gasteiger partial charge is 0.160 e. The molecule has 0 saturated carbocycles. The number of benzene rings is 2. The number of thioether (sulfide) groups is 1. The largest absolute Gasteiger partial charge is 0.378 e. The lowest BCUT2D eigenvalue weighted by molar-refractivity contribution is 1.22. The summed E-state index contributed by atoms with van der Waals surface area (Å²) in [4.78, 5) is 4.45. The molecule has 0 aliphatic carbocycles. The van der Waals surface area contributed by atoms with Gasteiger partial charge in [-0.1, -0.05) is 72.4 Å². The van der Waals surface area contributed by atoms with Gasteiger partial charge in [-0.15, -0.1) is 0 Å². The van der Waals surface area contributed by atoms with E-state index in [0.717, 1.165) is 11.3 Å². The molecule has 0 fully saturated rings. The molecule has 3 rings (SSSR count). The van der Waals surface area contributed by atoms with E-state index in [-0.39, 0.29) is 5.25 Å². The lowest BCUT2D eigenvalue weighted by Gasteiger charge is -2.18. The van der Waals surface area contributed by atoms with Crippen molar-refractivity contribution in [3.05, 3.63) is 77.9 Å². The summed E-state index contributed by atoms with van der Waals surface area (Å²) in [6.07, 6.45) is 2.17. The molecule has 1 atom stereocenters. The topological polar surface area (TPSA) is 38.4 Å². The Morgan fingerprint density at radius 3 is 2.21 bits per heavy atom. The third kappa shape index (κ3) is 2.71. The standard InChI is InChI=1S/C16H14N2S/c17-16-18-14(12-7-3-1-4-8-12)11-15(19-16)13-9-5-2-6-10-13/h1-11,15H,(H2,17,18)/t15-/m1/s1. The summed E-state index contributed by atoms with van der Waals surface area (Å²) in [6.45, 7) is 0. The van der Waals surface area contributed by atoms with Crippen molar-refractivity contribution in [3.63, 3.8) is 0 Å². The fraction of sp³-hybridized carbons (Fsp3) is 0.0625. The monoisotopic (exact) mass is 266 g/mol. The van der Waals surface area contributed by atoms with Gasteiger partial charge in [0.15, 0.2) is 5.17 Å². The van der Waals surface area contributed by atoms with E-state index in [1.54, 1.807) is 11.8 Å². The van der Waals surface area contributed by atoms with Gasteiger partial charge in [0.25, 0.3) is 0 Å². The van der Waals surface area contributed by atoms with Crippen LogP contribution in [0.3, 0.4) is 0 Å². The average molecular weight is 266 g/mol. The second-order valence-corrected chi connectivity index (χ2v) is 5.48. The van der Waals surface area contributed by atoms with Crippen LogP contribution in [0.4, 0.5) is 0 Å². The predicted molar refractivity (Wildman–Crippen MR) is 82.8 cm³/mol. The molecule has 0 aromatic heterocycles. The maximum atomic E-state index is 5.96. The molecule has 0 radical (unpaired) electrons. The normalized spacial score (nSPS) is 18.6. The molecule has 94 valence electrons. The lowest BCUT2D eigenvalue weighted by atomic mass is 10.1. The third-order valence-electron chi connectivity index (χ3n) is 2.99. The SMILES string of the molecule is NC1=NC(c2ccccc2)=C[C@H](c2ccccc2)S1. The van der Waals surface area contributed by atoms with E-state index in [4.69, 9.17) is 5.73 Å². The molecule has 1 aliphatic rings. The molecule has 1 heterocycles. The van der Waals surface area contributed by atoms with Gasteiger partial charge in [0.2, 0.25) is 0 Å². The van der Waals surface area contributed by atoms with E-state index in [2.05, 4.69) is 35.3 Å². The first-order valence-corrected chi connectivity index (χ1v) is 7.04. The van der Waals surface area contributed by atoms with Crippen LogP contribution in [-0.4, -0.2) is 5.17 Å². The molecule has 0 saturated heterocycles. The van der Waals surface area contributed by atoms with Crippen LogP contribution in [0.1, 0.15) is 16.4 Å². The predicted octanol–water partition coefficient (Wildman–Crippen LogP) is 3.83. The van der Waals surface area contributed by atoms with Gasteiger partial charge in [0.1, 0.15) is 0 Å². The van der Waals surface area contributed by atoms with Crippen LogP contribution in [0.2, 0.25) is 0 Å². The van der Waals surface area contributed by atoms with E-state index in [1.165, 1.54) is 5.56 Å². The summed E-state index contributed by atoms with van der Waals surface area (Å²) in [5, 5.41) is 0.851. The number of rotatable bonds is 2. The molecule has 2 aromatic carbocycles. The molecule has 0 bridgehead atoms. The Hall–Kier alpha value is -2.00. The maximum absolute atomic E-state index is 5.96. The second-order valence-electron chi connectivity index (χ2n) is 4.32. The van der Waals surface area contributed by atoms with Crippen LogP contribution < -0.4 is 5.73 Å². The van der Waals surface area contributed by atoms with Gasteiger partial charge < -0.3 is 5.73 Å². The first kappa shape index (κ1) is 12.1. The molecule has 2 N–H and O–H groups in total. The Bertz CT molecular complexity index is 618. The molecule has 0 amide bonds. The zero-order chi connectivity index (χ0) is 13.1. The highest BCUT2D eigenvalue weighted by Gasteiger charge is 2.18. The van der Waals surface area contributed by atoms with Crippen molar-refractivity contribution in [1.82, 2.24) is 0 Å². The van der Waals surface area contributed by atoms with Crippen molar-refractivity contribution < 1.29 is 0 Å². The maximum Gasteiger partial charge on any atom is 0.160 e. The molecular formula is C16H14N2S. The molecule has 2 aromatic rings. The van der Waals surface area contributed by atoms with Crippen LogP contribution in [0, 0.1) is 0 Å². The summed E-state index contributed by atoms with van der Waals surface area (Å²) < 4.78 is 0. The van der Waals surface area contributed by atoms with Crippen LogP contribution in [0.15, 0.2) is 71.7 Å². The van der Waals surface area contributed by atoms with Crippen molar-refractivity contribution in [3.8, 4) is 0 Å². The minimum atomic E-state index is 0.230. The lowest BCUT2D eigenvalue weighted by Crippen LogP contribution is -2.12. The van der Waals surface area contributed by atoms with Gasteiger partial charge in [-0.3, -0.25) is 0 Å². The molecule has 0 spiro atoms. The molecular weight excluding hydrogens is 252 g/mol. The van der Waals surface area contributed by atoms with Crippen molar-refractivity contribution in [1.29, 1.82) is 0 Å². The van der Waals surface area contributed by atoms with Gasteiger partial charge in [0, 0.05) is 0 Å². The van der Waals surface area contributed by atoms with Gasteiger partial charge in [-0.2, -0.15) is 0 Å². The summed E-state index contributed by atoms with van der Waals surface area (Å²) in [6, 6.07) is 20.5. The van der Waals surface area contributed by atoms with E-state index in [9.17, 15) is 0 Å². The third-order valence-corrected chi connectivity index (χ3v) is 3.98. The number of hydrogen-bond acceptors (Lipinski definition) is 3. The highest BCUT2D eigenvalue weighted by Crippen LogP contribution is 2.37.